The van der Waals surface area contributed by atoms with Crippen LogP contribution >= 0.6 is 0 Å². The fourth-order valence-electron chi connectivity index (χ4n) is 1.21. The standard InChI is InChI=1S/C9H8N4O3/c14-7(15)4-6-5-10-9(12-8(6)16)13-3-1-2-11-13/h1-3,5H,4H2,(H,14,15)(H,10,12,16). The molecule has 0 saturated heterocycles. The number of hydrogen-bond donors (Lipinski definition) is 2. The molecule has 0 bridgehead atoms. The summed E-state index contributed by atoms with van der Waals surface area (Å²) in [6.45, 7) is 0. The van der Waals surface area contributed by atoms with E-state index in [2.05, 4.69) is 15.1 Å². The first kappa shape index (κ1) is 10.1. The third-order valence-electron chi connectivity index (χ3n) is 1.92. The number of carboxylic acids is 1. The maximum absolute atomic E-state index is 11.5. The van der Waals surface area contributed by atoms with Crippen molar-refractivity contribution in [1.29, 1.82) is 0 Å². The molecular weight excluding hydrogens is 212 g/mol. The van der Waals surface area contributed by atoms with Crippen molar-refractivity contribution in [2.24, 2.45) is 0 Å². The first-order valence-electron chi connectivity index (χ1n) is 4.47. The molecule has 2 aromatic heterocycles. The van der Waals surface area contributed by atoms with Crippen molar-refractivity contribution in [1.82, 2.24) is 19.7 Å². The highest BCUT2D eigenvalue weighted by atomic mass is 16.4. The first-order valence-corrected chi connectivity index (χ1v) is 4.47. The van der Waals surface area contributed by atoms with Gasteiger partial charge in [-0.3, -0.25) is 14.6 Å². The molecular formula is C9H8N4O3. The number of aromatic nitrogens is 4. The van der Waals surface area contributed by atoms with E-state index in [4.69, 9.17) is 5.11 Å². The van der Waals surface area contributed by atoms with E-state index in [1.54, 1.807) is 18.5 Å². The molecule has 0 aliphatic carbocycles. The number of hydrogen-bond acceptors (Lipinski definition) is 4. The maximum Gasteiger partial charge on any atom is 0.308 e. The molecule has 0 aromatic carbocycles. The summed E-state index contributed by atoms with van der Waals surface area (Å²) in [6, 6.07) is 1.69. The molecule has 82 valence electrons. The van der Waals surface area contributed by atoms with Gasteiger partial charge in [0.05, 0.1) is 6.42 Å². The zero-order valence-electron chi connectivity index (χ0n) is 8.12. The largest absolute Gasteiger partial charge is 0.481 e. The molecule has 0 unspecified atom stereocenters. The van der Waals surface area contributed by atoms with Gasteiger partial charge in [0.15, 0.2) is 0 Å². The summed E-state index contributed by atoms with van der Waals surface area (Å²) < 4.78 is 1.38. The Kier molecular flexibility index (Phi) is 2.50. The van der Waals surface area contributed by atoms with Gasteiger partial charge in [-0.15, -0.1) is 0 Å². The van der Waals surface area contributed by atoms with Gasteiger partial charge in [0.2, 0.25) is 5.95 Å². The molecule has 2 N–H and O–H groups in total. The minimum Gasteiger partial charge on any atom is -0.481 e. The zero-order chi connectivity index (χ0) is 11.5. The lowest BCUT2D eigenvalue weighted by Crippen LogP contribution is -2.19. The number of carbonyl (C=O) groups is 1. The van der Waals surface area contributed by atoms with Crippen molar-refractivity contribution < 1.29 is 9.90 Å². The fourth-order valence-corrected chi connectivity index (χ4v) is 1.21. The van der Waals surface area contributed by atoms with Crippen LogP contribution in [-0.4, -0.2) is 30.8 Å². The van der Waals surface area contributed by atoms with E-state index in [0.29, 0.717) is 0 Å². The summed E-state index contributed by atoms with van der Waals surface area (Å²) in [6.07, 6.45) is 4.06. The topological polar surface area (TPSA) is 101 Å². The third-order valence-corrected chi connectivity index (χ3v) is 1.92. The lowest BCUT2D eigenvalue weighted by atomic mass is 10.2. The normalized spacial score (nSPS) is 10.2. The number of carboxylic acid groups (broad SMARTS) is 1. The molecule has 16 heavy (non-hydrogen) atoms. The van der Waals surface area contributed by atoms with E-state index >= 15 is 0 Å². The second-order valence-electron chi connectivity index (χ2n) is 3.08. The minimum atomic E-state index is -1.07. The Morgan fingerprint density at radius 1 is 1.56 bits per heavy atom. The Labute approximate surface area is 89.4 Å². The van der Waals surface area contributed by atoms with E-state index in [0.717, 1.165) is 0 Å². The van der Waals surface area contributed by atoms with Gasteiger partial charge >= 0.3 is 5.97 Å². The quantitative estimate of drug-likeness (QED) is 0.731. The van der Waals surface area contributed by atoms with Gasteiger partial charge < -0.3 is 5.11 Å². The van der Waals surface area contributed by atoms with Crippen LogP contribution < -0.4 is 5.56 Å². The molecule has 2 rings (SSSR count). The molecule has 7 nitrogen and oxygen atoms in total. The van der Waals surface area contributed by atoms with Crippen LogP contribution in [0, 0.1) is 0 Å². The van der Waals surface area contributed by atoms with Crippen LogP contribution in [-0.2, 0) is 11.2 Å². The van der Waals surface area contributed by atoms with Crippen LogP contribution in [0.2, 0.25) is 0 Å². The highest BCUT2D eigenvalue weighted by Crippen LogP contribution is 1.96. The number of aliphatic carboxylic acids is 1. The van der Waals surface area contributed by atoms with Gasteiger partial charge in [0.1, 0.15) is 0 Å². The molecule has 0 aliphatic heterocycles. The second-order valence-corrected chi connectivity index (χ2v) is 3.08. The molecule has 0 atom stereocenters. The summed E-state index contributed by atoms with van der Waals surface area (Å²) >= 11 is 0. The number of nitrogens with zero attached hydrogens (tertiary/aromatic N) is 3. The highest BCUT2D eigenvalue weighted by Gasteiger charge is 2.07. The lowest BCUT2D eigenvalue weighted by Gasteiger charge is -2.00. The number of nitrogens with one attached hydrogen (secondary N) is 1. The van der Waals surface area contributed by atoms with E-state index in [1.165, 1.54) is 10.9 Å². The van der Waals surface area contributed by atoms with E-state index < -0.39 is 11.5 Å². The maximum atomic E-state index is 11.5. The summed E-state index contributed by atoms with van der Waals surface area (Å²) in [5.41, 5.74) is -0.355. The SMILES string of the molecule is O=C(O)Cc1cnc(-n2cccn2)[nH]c1=O. The Morgan fingerprint density at radius 3 is 2.94 bits per heavy atom. The predicted octanol–water partition coefficient (Wildman–Crippen LogP) is -0.417. The fraction of sp³-hybridized carbons (Fsp3) is 0.111. The van der Waals surface area contributed by atoms with Crippen LogP contribution in [0.15, 0.2) is 29.5 Å². The van der Waals surface area contributed by atoms with Crippen LogP contribution in [0.3, 0.4) is 0 Å². The Morgan fingerprint density at radius 2 is 2.38 bits per heavy atom. The summed E-state index contributed by atoms with van der Waals surface area (Å²) in [5, 5.41) is 12.4. The minimum absolute atomic E-state index is 0.114. The average molecular weight is 220 g/mol. The van der Waals surface area contributed by atoms with Gasteiger partial charge in [-0.1, -0.05) is 0 Å². The summed E-state index contributed by atoms with van der Waals surface area (Å²) in [5.74, 6) is -0.816. The van der Waals surface area contributed by atoms with Gasteiger partial charge in [0.25, 0.3) is 5.56 Å². The highest BCUT2D eigenvalue weighted by molar-refractivity contribution is 5.69. The molecule has 0 fully saturated rings. The van der Waals surface area contributed by atoms with Gasteiger partial charge in [0, 0.05) is 24.2 Å². The molecule has 2 heterocycles. The number of H-pyrrole nitrogens is 1. The van der Waals surface area contributed by atoms with Crippen molar-refractivity contribution in [3.05, 3.63) is 40.6 Å². The Bertz CT molecular complexity index is 558. The molecule has 7 heteroatoms. The van der Waals surface area contributed by atoms with Crippen LogP contribution in [0.4, 0.5) is 0 Å². The number of rotatable bonds is 3. The summed E-state index contributed by atoms with van der Waals surface area (Å²) in [4.78, 5) is 28.3. The summed E-state index contributed by atoms with van der Waals surface area (Å²) in [7, 11) is 0. The molecule has 0 radical (unpaired) electrons. The van der Waals surface area contributed by atoms with Crippen LogP contribution in [0.25, 0.3) is 5.95 Å². The Hall–Kier alpha value is -2.44. The van der Waals surface area contributed by atoms with E-state index in [-0.39, 0.29) is 17.9 Å². The molecule has 0 amide bonds. The van der Waals surface area contributed by atoms with Crippen LogP contribution in [0.1, 0.15) is 5.56 Å². The first-order chi connectivity index (χ1) is 7.66. The van der Waals surface area contributed by atoms with Crippen molar-refractivity contribution in [3.63, 3.8) is 0 Å². The number of aromatic amines is 1. The average Bonchev–Trinajstić information content (AvgIpc) is 2.73. The van der Waals surface area contributed by atoms with Crippen molar-refractivity contribution in [2.75, 3.05) is 0 Å². The van der Waals surface area contributed by atoms with Gasteiger partial charge in [-0.25, -0.2) is 9.67 Å². The van der Waals surface area contributed by atoms with Gasteiger partial charge in [-0.2, -0.15) is 5.10 Å². The van der Waals surface area contributed by atoms with Gasteiger partial charge in [-0.05, 0) is 6.07 Å². The van der Waals surface area contributed by atoms with Crippen molar-refractivity contribution in [3.8, 4) is 5.95 Å². The second kappa shape index (κ2) is 3.97. The third kappa shape index (κ3) is 1.97. The van der Waals surface area contributed by atoms with Crippen molar-refractivity contribution in [2.45, 2.75) is 6.42 Å². The molecule has 0 saturated carbocycles. The van der Waals surface area contributed by atoms with Crippen LogP contribution in [0.5, 0.6) is 0 Å². The smallest absolute Gasteiger partial charge is 0.308 e. The monoisotopic (exact) mass is 220 g/mol. The van der Waals surface area contributed by atoms with Crippen molar-refractivity contribution >= 4 is 5.97 Å². The lowest BCUT2D eigenvalue weighted by molar-refractivity contribution is -0.136. The Balaban J connectivity index is 2.37. The van der Waals surface area contributed by atoms with E-state index in [9.17, 15) is 9.59 Å². The zero-order valence-corrected chi connectivity index (χ0v) is 8.12. The molecule has 0 aliphatic rings. The molecule has 0 spiro atoms. The van der Waals surface area contributed by atoms with E-state index in [1.807, 2.05) is 0 Å². The predicted molar refractivity (Wildman–Crippen MR) is 53.3 cm³/mol. The molecule has 2 aromatic rings.